The molecule has 106 valence electrons. The molecule has 1 aliphatic heterocycles. The molecule has 0 radical (unpaired) electrons. The van der Waals surface area contributed by atoms with Gasteiger partial charge in [0.05, 0.1) is 0 Å². The van der Waals surface area contributed by atoms with Crippen molar-refractivity contribution < 1.29 is 0 Å². The van der Waals surface area contributed by atoms with Crippen LogP contribution in [-0.2, 0) is 0 Å². The van der Waals surface area contributed by atoms with E-state index in [0.717, 1.165) is 18.0 Å². The molecule has 0 amide bonds. The summed E-state index contributed by atoms with van der Waals surface area (Å²) in [6, 6.07) is 1.49. The van der Waals surface area contributed by atoms with Crippen molar-refractivity contribution >= 4 is 0 Å². The van der Waals surface area contributed by atoms with Crippen LogP contribution in [0.1, 0.15) is 59.3 Å². The number of nitrogens with one attached hydrogen (secondary N) is 1. The number of hydrogen-bond acceptors (Lipinski definition) is 2. The first-order chi connectivity index (χ1) is 8.47. The van der Waals surface area contributed by atoms with Gasteiger partial charge in [0.2, 0.25) is 0 Å². The highest BCUT2D eigenvalue weighted by atomic mass is 15.1. The van der Waals surface area contributed by atoms with Crippen molar-refractivity contribution in [1.82, 2.24) is 10.2 Å². The summed E-state index contributed by atoms with van der Waals surface area (Å²) in [4.78, 5) is 2.48. The summed E-state index contributed by atoms with van der Waals surface area (Å²) in [5, 5.41) is 4.00. The lowest BCUT2D eigenvalue weighted by molar-refractivity contribution is 0.109. The summed E-state index contributed by atoms with van der Waals surface area (Å²) in [5.74, 6) is 0.860. The molecule has 1 aliphatic carbocycles. The van der Waals surface area contributed by atoms with Gasteiger partial charge in [-0.25, -0.2) is 0 Å². The number of rotatable bonds is 2. The first-order valence-electron chi connectivity index (χ1n) is 7.91. The van der Waals surface area contributed by atoms with Gasteiger partial charge in [0.25, 0.3) is 0 Å². The zero-order chi connectivity index (χ0) is 13.2. The monoisotopic (exact) mass is 252 g/mol. The Morgan fingerprint density at radius 2 is 1.72 bits per heavy atom. The Morgan fingerprint density at radius 3 is 2.39 bits per heavy atom. The predicted octanol–water partition coefficient (Wildman–Crippen LogP) is 3.28. The molecule has 3 unspecified atom stereocenters. The Hall–Kier alpha value is -0.0800. The quantitative estimate of drug-likeness (QED) is 0.811. The van der Waals surface area contributed by atoms with Crippen LogP contribution in [0.4, 0.5) is 0 Å². The van der Waals surface area contributed by atoms with Crippen molar-refractivity contribution in [2.24, 2.45) is 11.3 Å². The maximum absolute atomic E-state index is 4.00. The van der Waals surface area contributed by atoms with E-state index in [2.05, 4.69) is 38.0 Å². The van der Waals surface area contributed by atoms with Gasteiger partial charge in [-0.15, -0.1) is 0 Å². The fraction of sp³-hybridized carbons (Fsp3) is 1.00. The predicted molar refractivity (Wildman–Crippen MR) is 78.9 cm³/mol. The number of piperidine rings is 1. The molecule has 1 heterocycles. The van der Waals surface area contributed by atoms with Crippen molar-refractivity contribution in [1.29, 1.82) is 0 Å². The van der Waals surface area contributed by atoms with Gasteiger partial charge in [-0.1, -0.05) is 33.6 Å². The molecule has 18 heavy (non-hydrogen) atoms. The first-order valence-corrected chi connectivity index (χ1v) is 7.91. The van der Waals surface area contributed by atoms with Gasteiger partial charge in [-0.05, 0) is 50.6 Å². The number of likely N-dealkylation sites (tertiary alicyclic amines) is 1. The maximum atomic E-state index is 4.00. The van der Waals surface area contributed by atoms with Gasteiger partial charge >= 0.3 is 0 Å². The van der Waals surface area contributed by atoms with Crippen LogP contribution in [0.3, 0.4) is 0 Å². The van der Waals surface area contributed by atoms with Crippen molar-refractivity contribution in [3.05, 3.63) is 0 Å². The van der Waals surface area contributed by atoms with Gasteiger partial charge in [-0.2, -0.15) is 0 Å². The average molecular weight is 252 g/mol. The molecule has 0 aromatic carbocycles. The van der Waals surface area contributed by atoms with E-state index >= 15 is 0 Å². The van der Waals surface area contributed by atoms with Gasteiger partial charge in [0, 0.05) is 18.6 Å². The second-order valence-corrected chi connectivity index (χ2v) is 7.63. The summed E-state index contributed by atoms with van der Waals surface area (Å²) in [6.07, 6.45) is 8.40. The highest BCUT2D eigenvalue weighted by molar-refractivity contribution is 4.91. The smallest absolute Gasteiger partial charge is 0.0198 e. The number of nitrogens with zero attached hydrogens (tertiary/aromatic N) is 1. The Kier molecular flexibility index (Phi) is 4.71. The van der Waals surface area contributed by atoms with Gasteiger partial charge in [-0.3, -0.25) is 0 Å². The number of likely N-dealkylation sites (N-methyl/N-ethyl adjacent to an activating group) is 1. The summed E-state index contributed by atoms with van der Waals surface area (Å²) in [6.45, 7) is 9.79. The lowest BCUT2D eigenvalue weighted by atomic mass is 9.69. The molecule has 2 rings (SSSR count). The molecule has 2 nitrogen and oxygen atoms in total. The molecule has 3 atom stereocenters. The molecule has 1 saturated heterocycles. The molecule has 0 bridgehead atoms. The minimum atomic E-state index is 0.457. The van der Waals surface area contributed by atoms with Crippen LogP contribution in [-0.4, -0.2) is 37.1 Å². The SMILES string of the molecule is CN1CCCC(NC2CCCCC2C(C)(C)C)C1. The summed E-state index contributed by atoms with van der Waals surface area (Å²) >= 11 is 0. The van der Waals surface area contributed by atoms with E-state index in [-0.39, 0.29) is 0 Å². The number of hydrogen-bond donors (Lipinski definition) is 1. The summed E-state index contributed by atoms with van der Waals surface area (Å²) in [5.41, 5.74) is 0.457. The molecule has 2 aliphatic rings. The largest absolute Gasteiger partial charge is 0.310 e. The zero-order valence-corrected chi connectivity index (χ0v) is 12.8. The fourth-order valence-corrected chi connectivity index (χ4v) is 3.97. The third-order valence-electron chi connectivity index (χ3n) is 4.95. The van der Waals surface area contributed by atoms with Crippen LogP contribution in [0.15, 0.2) is 0 Å². The van der Waals surface area contributed by atoms with E-state index in [1.54, 1.807) is 0 Å². The Bertz CT molecular complexity index is 256. The second kappa shape index (κ2) is 5.92. The summed E-state index contributed by atoms with van der Waals surface area (Å²) in [7, 11) is 2.26. The molecule has 2 heteroatoms. The van der Waals surface area contributed by atoms with E-state index in [9.17, 15) is 0 Å². The molecule has 2 fully saturated rings. The summed E-state index contributed by atoms with van der Waals surface area (Å²) < 4.78 is 0. The Balaban J connectivity index is 1.93. The molecular weight excluding hydrogens is 220 g/mol. The Morgan fingerprint density at radius 1 is 1.00 bits per heavy atom. The lowest BCUT2D eigenvalue weighted by Crippen LogP contribution is -2.52. The van der Waals surface area contributed by atoms with Gasteiger partial charge in [0.15, 0.2) is 0 Å². The van der Waals surface area contributed by atoms with E-state index in [1.165, 1.54) is 51.6 Å². The molecule has 0 aromatic heterocycles. The molecule has 1 saturated carbocycles. The van der Waals surface area contributed by atoms with Crippen LogP contribution in [0, 0.1) is 11.3 Å². The van der Waals surface area contributed by atoms with Crippen LogP contribution in [0.5, 0.6) is 0 Å². The van der Waals surface area contributed by atoms with Crippen molar-refractivity contribution in [3.63, 3.8) is 0 Å². The zero-order valence-electron chi connectivity index (χ0n) is 12.8. The highest BCUT2D eigenvalue weighted by Crippen LogP contribution is 2.38. The first kappa shape index (κ1) is 14.3. The van der Waals surface area contributed by atoms with E-state index < -0.39 is 0 Å². The standard InChI is InChI=1S/C16H32N2/c1-16(2,3)14-9-5-6-10-15(14)17-13-8-7-11-18(4)12-13/h13-15,17H,5-12H2,1-4H3. The molecule has 0 aromatic rings. The van der Waals surface area contributed by atoms with E-state index in [0.29, 0.717) is 5.41 Å². The molecular formula is C16H32N2. The highest BCUT2D eigenvalue weighted by Gasteiger charge is 2.35. The van der Waals surface area contributed by atoms with Crippen LogP contribution in [0.25, 0.3) is 0 Å². The van der Waals surface area contributed by atoms with Crippen LogP contribution in [0.2, 0.25) is 0 Å². The van der Waals surface area contributed by atoms with Crippen molar-refractivity contribution in [2.45, 2.75) is 71.4 Å². The topological polar surface area (TPSA) is 15.3 Å². The lowest BCUT2D eigenvalue weighted by Gasteiger charge is -2.43. The van der Waals surface area contributed by atoms with Crippen LogP contribution < -0.4 is 5.32 Å². The molecule has 0 spiro atoms. The van der Waals surface area contributed by atoms with Crippen LogP contribution >= 0.6 is 0 Å². The average Bonchev–Trinajstić information content (AvgIpc) is 2.28. The van der Waals surface area contributed by atoms with Crippen molar-refractivity contribution in [2.75, 3.05) is 20.1 Å². The third kappa shape index (κ3) is 3.71. The van der Waals surface area contributed by atoms with Gasteiger partial charge in [0.1, 0.15) is 0 Å². The maximum Gasteiger partial charge on any atom is 0.0198 e. The van der Waals surface area contributed by atoms with E-state index in [4.69, 9.17) is 0 Å². The normalized spacial score (nSPS) is 35.7. The van der Waals surface area contributed by atoms with Gasteiger partial charge < -0.3 is 10.2 Å². The van der Waals surface area contributed by atoms with Crippen molar-refractivity contribution in [3.8, 4) is 0 Å². The molecule has 1 N–H and O–H groups in total. The second-order valence-electron chi connectivity index (χ2n) is 7.63. The fourth-order valence-electron chi connectivity index (χ4n) is 3.97. The Labute approximate surface area is 114 Å². The minimum absolute atomic E-state index is 0.457. The third-order valence-corrected chi connectivity index (χ3v) is 4.95. The minimum Gasteiger partial charge on any atom is -0.310 e. The van der Waals surface area contributed by atoms with E-state index in [1.807, 2.05) is 0 Å².